The predicted molar refractivity (Wildman–Crippen MR) is 54.4 cm³/mol. The van der Waals surface area contributed by atoms with E-state index in [4.69, 9.17) is 10.3 Å². The van der Waals surface area contributed by atoms with Gasteiger partial charge in [-0.25, -0.2) is 0 Å². The van der Waals surface area contributed by atoms with Crippen LogP contribution >= 0.6 is 0 Å². The molecular formula is C9H10F3N5O. The lowest BCUT2D eigenvalue weighted by Crippen LogP contribution is -2.09. The number of hydrogen-bond donors (Lipinski definition) is 1. The van der Waals surface area contributed by atoms with Gasteiger partial charge in [-0.3, -0.25) is 4.68 Å². The highest BCUT2D eigenvalue weighted by Crippen LogP contribution is 2.21. The lowest BCUT2D eigenvalue weighted by molar-refractivity contribution is -0.134. The van der Waals surface area contributed by atoms with E-state index in [1.165, 1.54) is 10.9 Å². The number of nitrogens with two attached hydrogens (primary N) is 1. The molecule has 18 heavy (non-hydrogen) atoms. The van der Waals surface area contributed by atoms with Gasteiger partial charge in [-0.2, -0.15) is 23.3 Å². The van der Waals surface area contributed by atoms with E-state index < -0.39 is 12.6 Å². The third kappa shape index (κ3) is 3.47. The summed E-state index contributed by atoms with van der Waals surface area (Å²) >= 11 is 0. The molecule has 0 bridgehead atoms. The van der Waals surface area contributed by atoms with Crippen LogP contribution in [-0.4, -0.2) is 26.1 Å². The molecule has 0 aliphatic heterocycles. The first kappa shape index (κ1) is 12.4. The number of hydrogen-bond acceptors (Lipinski definition) is 5. The van der Waals surface area contributed by atoms with Gasteiger partial charge in [0.1, 0.15) is 6.54 Å². The fourth-order valence-electron chi connectivity index (χ4n) is 1.31. The molecule has 0 spiro atoms. The molecule has 6 nitrogen and oxygen atoms in total. The molecule has 0 aliphatic rings. The fraction of sp³-hybridized carbons (Fsp3) is 0.444. The van der Waals surface area contributed by atoms with Gasteiger partial charge in [0.25, 0.3) is 0 Å². The van der Waals surface area contributed by atoms with Crippen LogP contribution in [0.25, 0.3) is 0 Å². The number of halogens is 3. The maximum absolute atomic E-state index is 12.0. The van der Waals surface area contributed by atoms with E-state index >= 15 is 0 Å². The van der Waals surface area contributed by atoms with E-state index in [1.807, 2.05) is 0 Å². The van der Waals surface area contributed by atoms with Gasteiger partial charge < -0.3 is 10.3 Å². The first-order valence-corrected chi connectivity index (χ1v) is 5.08. The standard InChI is InChI=1S/C9H10F3N5O/c10-9(11,12)2-1-7-15-8(18-16-7)5-17-4-6(13)3-14-17/h3-4H,1-2,5,13H2. The van der Waals surface area contributed by atoms with Crippen molar-refractivity contribution in [2.45, 2.75) is 25.6 Å². The van der Waals surface area contributed by atoms with Crippen molar-refractivity contribution in [1.82, 2.24) is 19.9 Å². The average Bonchev–Trinajstić information content (AvgIpc) is 2.85. The van der Waals surface area contributed by atoms with Crippen molar-refractivity contribution in [2.24, 2.45) is 0 Å². The van der Waals surface area contributed by atoms with Crippen molar-refractivity contribution in [3.05, 3.63) is 24.1 Å². The largest absolute Gasteiger partial charge is 0.396 e. The molecule has 0 aliphatic carbocycles. The quantitative estimate of drug-likeness (QED) is 0.899. The summed E-state index contributed by atoms with van der Waals surface area (Å²) in [4.78, 5) is 3.84. The van der Waals surface area contributed by atoms with Crippen LogP contribution in [0.1, 0.15) is 18.1 Å². The van der Waals surface area contributed by atoms with Crippen LogP contribution in [-0.2, 0) is 13.0 Å². The monoisotopic (exact) mass is 261 g/mol. The summed E-state index contributed by atoms with van der Waals surface area (Å²) in [5, 5.41) is 7.35. The number of rotatable bonds is 4. The molecule has 0 amide bonds. The molecule has 0 atom stereocenters. The molecule has 9 heteroatoms. The Hall–Kier alpha value is -2.06. The molecule has 2 aromatic rings. The Morgan fingerprint density at radius 3 is 2.78 bits per heavy atom. The smallest absolute Gasteiger partial charge is 0.389 e. The Morgan fingerprint density at radius 2 is 2.17 bits per heavy atom. The van der Waals surface area contributed by atoms with Gasteiger partial charge in [-0.15, -0.1) is 0 Å². The summed E-state index contributed by atoms with van der Waals surface area (Å²) in [7, 11) is 0. The molecule has 0 aromatic carbocycles. The van der Waals surface area contributed by atoms with E-state index in [9.17, 15) is 13.2 Å². The average molecular weight is 261 g/mol. The topological polar surface area (TPSA) is 82.8 Å². The third-order valence-corrected chi connectivity index (χ3v) is 2.09. The van der Waals surface area contributed by atoms with Crippen molar-refractivity contribution in [3.8, 4) is 0 Å². The molecule has 0 saturated carbocycles. The molecule has 2 N–H and O–H groups in total. The normalized spacial score (nSPS) is 11.9. The van der Waals surface area contributed by atoms with Crippen LogP contribution in [0, 0.1) is 0 Å². The van der Waals surface area contributed by atoms with Crippen molar-refractivity contribution in [2.75, 3.05) is 5.73 Å². The molecular weight excluding hydrogens is 251 g/mol. The van der Waals surface area contributed by atoms with E-state index in [-0.39, 0.29) is 24.7 Å². The maximum Gasteiger partial charge on any atom is 0.389 e. The molecule has 2 heterocycles. The van der Waals surface area contributed by atoms with Crippen LogP contribution in [0.2, 0.25) is 0 Å². The Labute approximate surface area is 99.6 Å². The number of nitrogens with zero attached hydrogens (tertiary/aromatic N) is 4. The second-order valence-corrected chi connectivity index (χ2v) is 3.69. The zero-order chi connectivity index (χ0) is 13.2. The van der Waals surface area contributed by atoms with Gasteiger partial charge in [0.2, 0.25) is 5.89 Å². The van der Waals surface area contributed by atoms with Gasteiger partial charge in [0.05, 0.1) is 18.3 Å². The van der Waals surface area contributed by atoms with Crippen LogP contribution in [0.4, 0.5) is 18.9 Å². The molecule has 98 valence electrons. The molecule has 0 saturated heterocycles. The van der Waals surface area contributed by atoms with Crippen molar-refractivity contribution in [3.63, 3.8) is 0 Å². The van der Waals surface area contributed by atoms with Gasteiger partial charge in [0, 0.05) is 12.6 Å². The highest BCUT2D eigenvalue weighted by molar-refractivity contribution is 5.30. The Kier molecular flexibility index (Phi) is 3.21. The summed E-state index contributed by atoms with van der Waals surface area (Å²) in [5.41, 5.74) is 5.94. The second kappa shape index (κ2) is 4.67. The van der Waals surface area contributed by atoms with Crippen LogP contribution in [0.15, 0.2) is 16.9 Å². The zero-order valence-corrected chi connectivity index (χ0v) is 9.18. The van der Waals surface area contributed by atoms with E-state index in [2.05, 4.69) is 15.2 Å². The third-order valence-electron chi connectivity index (χ3n) is 2.09. The van der Waals surface area contributed by atoms with Crippen LogP contribution in [0.3, 0.4) is 0 Å². The summed E-state index contributed by atoms with van der Waals surface area (Å²) in [6.07, 6.45) is -2.49. The van der Waals surface area contributed by atoms with Gasteiger partial charge in [-0.1, -0.05) is 5.16 Å². The lowest BCUT2D eigenvalue weighted by atomic mass is 10.3. The van der Waals surface area contributed by atoms with Crippen LogP contribution < -0.4 is 5.73 Å². The number of nitrogen functional groups attached to an aromatic ring is 1. The number of alkyl halides is 3. The second-order valence-electron chi connectivity index (χ2n) is 3.69. The van der Waals surface area contributed by atoms with Gasteiger partial charge in [-0.05, 0) is 0 Å². The SMILES string of the molecule is Nc1cnn(Cc2nc(CCC(F)(F)F)no2)c1. The summed E-state index contributed by atoms with van der Waals surface area (Å²) in [6.45, 7) is 0.177. The minimum atomic E-state index is -4.22. The van der Waals surface area contributed by atoms with E-state index in [1.54, 1.807) is 6.20 Å². The highest BCUT2D eigenvalue weighted by atomic mass is 19.4. The Morgan fingerprint density at radius 1 is 1.39 bits per heavy atom. The molecule has 0 radical (unpaired) electrons. The molecule has 2 rings (SSSR count). The van der Waals surface area contributed by atoms with Crippen LogP contribution in [0.5, 0.6) is 0 Å². The molecule has 0 unspecified atom stereocenters. The summed E-state index contributed by atoms with van der Waals surface area (Å²) in [6, 6.07) is 0. The number of anilines is 1. The Bertz CT molecular complexity index is 518. The maximum atomic E-state index is 12.0. The van der Waals surface area contributed by atoms with Crippen molar-refractivity contribution in [1.29, 1.82) is 0 Å². The zero-order valence-electron chi connectivity index (χ0n) is 9.18. The molecule has 2 aromatic heterocycles. The first-order chi connectivity index (χ1) is 8.42. The first-order valence-electron chi connectivity index (χ1n) is 5.08. The van der Waals surface area contributed by atoms with Gasteiger partial charge >= 0.3 is 6.18 Å². The summed E-state index contributed by atoms with van der Waals surface area (Å²) < 4.78 is 42.2. The predicted octanol–water partition coefficient (Wildman–Crippen LogP) is 1.39. The minimum Gasteiger partial charge on any atom is -0.396 e. The fourth-order valence-corrected chi connectivity index (χ4v) is 1.31. The lowest BCUT2D eigenvalue weighted by Gasteiger charge is -2.01. The van der Waals surface area contributed by atoms with Crippen molar-refractivity contribution < 1.29 is 17.7 Å². The Balaban J connectivity index is 1.94. The van der Waals surface area contributed by atoms with E-state index in [0.717, 1.165) is 0 Å². The van der Waals surface area contributed by atoms with E-state index in [0.29, 0.717) is 5.69 Å². The number of aryl methyl sites for hydroxylation is 1. The number of aromatic nitrogens is 4. The molecule has 0 fully saturated rings. The highest BCUT2D eigenvalue weighted by Gasteiger charge is 2.27. The summed E-state index contributed by atoms with van der Waals surface area (Å²) in [5.74, 6) is 0.220. The van der Waals surface area contributed by atoms with Crippen molar-refractivity contribution >= 4 is 5.69 Å². The van der Waals surface area contributed by atoms with Gasteiger partial charge in [0.15, 0.2) is 5.82 Å². The minimum absolute atomic E-state index is 0.0300.